The molecule has 3 heteroatoms. The second kappa shape index (κ2) is 4.87. The van der Waals surface area contributed by atoms with Crippen molar-refractivity contribution in [1.82, 2.24) is 0 Å². The minimum Gasteiger partial charge on any atom is -0.495 e. The van der Waals surface area contributed by atoms with Crippen molar-refractivity contribution in [2.24, 2.45) is 5.73 Å². The van der Waals surface area contributed by atoms with Gasteiger partial charge in [-0.1, -0.05) is 36.9 Å². The molecule has 94 valence electrons. The predicted molar refractivity (Wildman–Crippen MR) is 71.7 cm³/mol. The fourth-order valence-corrected chi connectivity index (χ4v) is 3.07. The molecule has 0 heterocycles. The van der Waals surface area contributed by atoms with E-state index in [1.54, 1.807) is 7.11 Å². The Hall–Kier alpha value is -0.730. The fourth-order valence-electron chi connectivity index (χ4n) is 2.70. The Morgan fingerprint density at radius 3 is 2.47 bits per heavy atom. The van der Waals surface area contributed by atoms with E-state index < -0.39 is 0 Å². The first-order valence-electron chi connectivity index (χ1n) is 6.20. The van der Waals surface area contributed by atoms with Crippen molar-refractivity contribution < 1.29 is 4.74 Å². The third-order valence-corrected chi connectivity index (χ3v) is 4.08. The number of ether oxygens (including phenoxy) is 1. The number of methoxy groups -OCH3 is 1. The SMILES string of the molecule is COc1cc(C)cc(C2(N)CCCCC2)c1Cl. The zero-order valence-corrected chi connectivity index (χ0v) is 11.3. The Labute approximate surface area is 108 Å². The molecule has 0 unspecified atom stereocenters. The number of halogens is 1. The van der Waals surface area contributed by atoms with Crippen LogP contribution in [0.25, 0.3) is 0 Å². The van der Waals surface area contributed by atoms with Gasteiger partial charge in [0.15, 0.2) is 0 Å². The van der Waals surface area contributed by atoms with E-state index in [2.05, 4.69) is 13.0 Å². The highest BCUT2D eigenvalue weighted by atomic mass is 35.5. The van der Waals surface area contributed by atoms with Gasteiger partial charge < -0.3 is 10.5 Å². The maximum atomic E-state index is 6.53. The summed E-state index contributed by atoms with van der Waals surface area (Å²) in [5.41, 5.74) is 8.47. The van der Waals surface area contributed by atoms with Crippen LogP contribution in [0, 0.1) is 6.92 Å². The summed E-state index contributed by atoms with van der Waals surface area (Å²) in [6, 6.07) is 4.06. The molecule has 2 N–H and O–H groups in total. The maximum absolute atomic E-state index is 6.53. The van der Waals surface area contributed by atoms with Crippen molar-refractivity contribution >= 4 is 11.6 Å². The topological polar surface area (TPSA) is 35.2 Å². The lowest BCUT2D eigenvalue weighted by atomic mass is 9.77. The second-order valence-electron chi connectivity index (χ2n) is 5.05. The van der Waals surface area contributed by atoms with Crippen LogP contribution in [-0.2, 0) is 5.54 Å². The molecule has 0 aromatic heterocycles. The summed E-state index contributed by atoms with van der Waals surface area (Å²) in [5, 5.41) is 0.683. The molecule has 1 aliphatic rings. The van der Waals surface area contributed by atoms with Crippen molar-refractivity contribution in [1.29, 1.82) is 0 Å². The van der Waals surface area contributed by atoms with E-state index in [0.717, 1.165) is 29.7 Å². The molecule has 1 saturated carbocycles. The summed E-state index contributed by atoms with van der Waals surface area (Å²) < 4.78 is 5.31. The molecule has 17 heavy (non-hydrogen) atoms. The van der Waals surface area contributed by atoms with E-state index >= 15 is 0 Å². The van der Waals surface area contributed by atoms with E-state index in [-0.39, 0.29) is 5.54 Å². The van der Waals surface area contributed by atoms with Gasteiger partial charge in [0, 0.05) is 5.54 Å². The minimum atomic E-state index is -0.269. The van der Waals surface area contributed by atoms with Crippen LogP contribution >= 0.6 is 11.6 Å². The van der Waals surface area contributed by atoms with Crippen molar-refractivity contribution in [3.05, 3.63) is 28.3 Å². The molecule has 1 fully saturated rings. The van der Waals surface area contributed by atoms with E-state index in [9.17, 15) is 0 Å². The van der Waals surface area contributed by atoms with E-state index in [4.69, 9.17) is 22.1 Å². The Balaban J connectivity index is 2.46. The molecule has 1 aromatic rings. The van der Waals surface area contributed by atoms with Gasteiger partial charge in [-0.05, 0) is 37.0 Å². The highest BCUT2D eigenvalue weighted by Crippen LogP contribution is 2.41. The van der Waals surface area contributed by atoms with Crippen molar-refractivity contribution in [2.45, 2.75) is 44.6 Å². The molecule has 0 saturated heterocycles. The van der Waals surface area contributed by atoms with Crippen molar-refractivity contribution in [3.8, 4) is 5.75 Å². The second-order valence-corrected chi connectivity index (χ2v) is 5.42. The van der Waals surface area contributed by atoms with Crippen LogP contribution in [0.2, 0.25) is 5.02 Å². The summed E-state index contributed by atoms with van der Waals surface area (Å²) in [6.07, 6.45) is 5.67. The van der Waals surface area contributed by atoms with Crippen molar-refractivity contribution in [2.75, 3.05) is 7.11 Å². The number of hydrogen-bond donors (Lipinski definition) is 1. The Morgan fingerprint density at radius 1 is 1.24 bits per heavy atom. The third kappa shape index (κ3) is 2.43. The molecule has 0 atom stereocenters. The summed E-state index contributed by atoms with van der Waals surface area (Å²) in [4.78, 5) is 0. The molecular weight excluding hydrogens is 234 g/mol. The Morgan fingerprint density at radius 2 is 1.88 bits per heavy atom. The van der Waals surface area contributed by atoms with Gasteiger partial charge in [0.25, 0.3) is 0 Å². The molecule has 0 bridgehead atoms. The molecule has 2 nitrogen and oxygen atoms in total. The van der Waals surface area contributed by atoms with Crippen LogP contribution in [0.1, 0.15) is 43.2 Å². The smallest absolute Gasteiger partial charge is 0.138 e. The number of hydrogen-bond acceptors (Lipinski definition) is 2. The first-order valence-corrected chi connectivity index (χ1v) is 6.58. The van der Waals surface area contributed by atoms with Crippen LogP contribution in [0.4, 0.5) is 0 Å². The number of aryl methyl sites for hydroxylation is 1. The lowest BCUT2D eigenvalue weighted by Crippen LogP contribution is -2.39. The molecule has 0 aliphatic heterocycles. The van der Waals surface area contributed by atoms with Gasteiger partial charge in [-0.2, -0.15) is 0 Å². The van der Waals surface area contributed by atoms with Gasteiger partial charge in [0.05, 0.1) is 12.1 Å². The van der Waals surface area contributed by atoms with Crippen LogP contribution in [-0.4, -0.2) is 7.11 Å². The van der Waals surface area contributed by atoms with Gasteiger partial charge in [0.1, 0.15) is 5.75 Å². The Bertz CT molecular complexity index is 411. The average molecular weight is 254 g/mol. The molecular formula is C14H20ClNO. The van der Waals surface area contributed by atoms with E-state index in [1.807, 2.05) is 6.07 Å². The number of nitrogens with two attached hydrogens (primary N) is 1. The standard InChI is InChI=1S/C14H20ClNO/c1-10-8-11(13(15)12(9-10)17-2)14(16)6-4-3-5-7-14/h8-9H,3-7,16H2,1-2H3. The summed E-state index contributed by atoms with van der Waals surface area (Å²) >= 11 is 6.40. The normalized spacial score (nSPS) is 19.1. The summed E-state index contributed by atoms with van der Waals surface area (Å²) in [6.45, 7) is 2.05. The fraction of sp³-hybridized carbons (Fsp3) is 0.571. The monoisotopic (exact) mass is 253 g/mol. The molecule has 1 aromatic carbocycles. The number of benzene rings is 1. The zero-order chi connectivity index (χ0) is 12.5. The molecule has 1 aliphatic carbocycles. The van der Waals surface area contributed by atoms with Crippen LogP contribution in [0.5, 0.6) is 5.75 Å². The van der Waals surface area contributed by atoms with Gasteiger partial charge in [-0.15, -0.1) is 0 Å². The lowest BCUT2D eigenvalue weighted by Gasteiger charge is -2.35. The Kier molecular flexibility index (Phi) is 3.64. The quantitative estimate of drug-likeness (QED) is 0.871. The number of rotatable bonds is 2. The third-order valence-electron chi connectivity index (χ3n) is 3.69. The van der Waals surface area contributed by atoms with Crippen molar-refractivity contribution in [3.63, 3.8) is 0 Å². The van der Waals surface area contributed by atoms with Gasteiger partial charge in [-0.25, -0.2) is 0 Å². The average Bonchev–Trinajstić information content (AvgIpc) is 2.32. The van der Waals surface area contributed by atoms with Crippen LogP contribution in [0.3, 0.4) is 0 Å². The first kappa shape index (κ1) is 12.7. The molecule has 0 amide bonds. The highest BCUT2D eigenvalue weighted by molar-refractivity contribution is 6.33. The predicted octanol–water partition coefficient (Wildman–Crippen LogP) is 3.78. The van der Waals surface area contributed by atoms with E-state index in [0.29, 0.717) is 5.02 Å². The molecule has 0 spiro atoms. The first-order chi connectivity index (χ1) is 8.07. The summed E-state index contributed by atoms with van der Waals surface area (Å²) in [7, 11) is 1.65. The maximum Gasteiger partial charge on any atom is 0.138 e. The van der Waals surface area contributed by atoms with Crippen LogP contribution in [0.15, 0.2) is 12.1 Å². The lowest BCUT2D eigenvalue weighted by molar-refractivity contribution is 0.301. The highest BCUT2D eigenvalue weighted by Gasteiger charge is 2.32. The summed E-state index contributed by atoms with van der Waals surface area (Å²) in [5.74, 6) is 0.733. The molecule has 2 rings (SSSR count). The zero-order valence-electron chi connectivity index (χ0n) is 10.6. The molecule has 0 radical (unpaired) electrons. The van der Waals surface area contributed by atoms with Gasteiger partial charge in [-0.3, -0.25) is 0 Å². The minimum absolute atomic E-state index is 0.269. The van der Waals surface area contributed by atoms with Gasteiger partial charge >= 0.3 is 0 Å². The van der Waals surface area contributed by atoms with Gasteiger partial charge in [0.2, 0.25) is 0 Å². The largest absolute Gasteiger partial charge is 0.495 e. The van der Waals surface area contributed by atoms with Crippen LogP contribution < -0.4 is 10.5 Å². The van der Waals surface area contributed by atoms with E-state index in [1.165, 1.54) is 19.3 Å².